The maximum atomic E-state index is 12.7. The Kier molecular flexibility index (Phi) is 5.16. The van der Waals surface area contributed by atoms with E-state index in [1.807, 2.05) is 36.4 Å². The highest BCUT2D eigenvalue weighted by Crippen LogP contribution is 2.33. The summed E-state index contributed by atoms with van der Waals surface area (Å²) in [6.45, 7) is 0. The highest BCUT2D eigenvalue weighted by Gasteiger charge is 2.29. The van der Waals surface area contributed by atoms with Gasteiger partial charge in [0.15, 0.2) is 0 Å². The van der Waals surface area contributed by atoms with Crippen molar-refractivity contribution < 1.29 is 18.0 Å². The number of alkyl halides is 3. The first kappa shape index (κ1) is 18.5. The smallest absolute Gasteiger partial charge is 0.355 e. The number of para-hydroxylation sites is 1. The van der Waals surface area contributed by atoms with Crippen LogP contribution < -0.4 is 10.6 Å². The standard InChI is InChI=1S/C21H17F3N2O/c1-25-20(27)15-8-6-14(7-9-15)18-4-2-3-5-19(18)26-17-12-10-16(11-13-17)21(22,23)24/h2-13,26H,1H3,(H,25,27). The molecule has 0 spiro atoms. The monoisotopic (exact) mass is 370 g/mol. The van der Waals surface area contributed by atoms with Gasteiger partial charge in [-0.15, -0.1) is 0 Å². The van der Waals surface area contributed by atoms with E-state index in [1.165, 1.54) is 12.1 Å². The second-order valence-electron chi connectivity index (χ2n) is 5.90. The van der Waals surface area contributed by atoms with Crippen molar-refractivity contribution >= 4 is 17.3 Å². The Labute approximate surface area is 154 Å². The summed E-state index contributed by atoms with van der Waals surface area (Å²) in [5, 5.41) is 5.72. The SMILES string of the molecule is CNC(=O)c1ccc(-c2ccccc2Nc2ccc(C(F)(F)F)cc2)cc1. The summed E-state index contributed by atoms with van der Waals surface area (Å²) in [5.74, 6) is -0.169. The van der Waals surface area contributed by atoms with Crippen LogP contribution in [0.3, 0.4) is 0 Å². The first-order valence-electron chi connectivity index (χ1n) is 8.24. The van der Waals surface area contributed by atoms with Crippen LogP contribution in [0.15, 0.2) is 72.8 Å². The number of hydrogen-bond donors (Lipinski definition) is 2. The zero-order valence-corrected chi connectivity index (χ0v) is 14.5. The molecule has 3 nitrogen and oxygen atoms in total. The van der Waals surface area contributed by atoms with E-state index in [0.29, 0.717) is 11.3 Å². The van der Waals surface area contributed by atoms with Gasteiger partial charge in [0.2, 0.25) is 0 Å². The van der Waals surface area contributed by atoms with Crippen molar-refractivity contribution in [3.05, 3.63) is 83.9 Å². The van der Waals surface area contributed by atoms with Crippen molar-refractivity contribution in [3.63, 3.8) is 0 Å². The largest absolute Gasteiger partial charge is 0.416 e. The number of benzene rings is 3. The molecule has 0 heterocycles. The molecule has 0 aliphatic rings. The van der Waals surface area contributed by atoms with E-state index in [-0.39, 0.29) is 5.91 Å². The normalized spacial score (nSPS) is 11.1. The Morgan fingerprint density at radius 3 is 2.07 bits per heavy atom. The summed E-state index contributed by atoms with van der Waals surface area (Å²) >= 11 is 0. The van der Waals surface area contributed by atoms with Gasteiger partial charge in [-0.3, -0.25) is 4.79 Å². The van der Waals surface area contributed by atoms with Gasteiger partial charge in [0.05, 0.1) is 5.56 Å². The van der Waals surface area contributed by atoms with Crippen molar-refractivity contribution in [1.82, 2.24) is 5.32 Å². The molecule has 2 N–H and O–H groups in total. The summed E-state index contributed by atoms with van der Waals surface area (Å²) in [7, 11) is 1.57. The predicted octanol–water partition coefficient (Wildman–Crippen LogP) is 5.48. The molecule has 0 unspecified atom stereocenters. The van der Waals surface area contributed by atoms with Crippen molar-refractivity contribution in [3.8, 4) is 11.1 Å². The second-order valence-corrected chi connectivity index (χ2v) is 5.90. The fourth-order valence-corrected chi connectivity index (χ4v) is 2.69. The maximum Gasteiger partial charge on any atom is 0.416 e. The fraction of sp³-hybridized carbons (Fsp3) is 0.0952. The average Bonchev–Trinajstić information content (AvgIpc) is 2.68. The van der Waals surface area contributed by atoms with Gasteiger partial charge in [0, 0.05) is 29.5 Å². The van der Waals surface area contributed by atoms with Crippen molar-refractivity contribution in [2.75, 3.05) is 12.4 Å². The van der Waals surface area contributed by atoms with E-state index in [2.05, 4.69) is 10.6 Å². The van der Waals surface area contributed by atoms with Gasteiger partial charge in [0.1, 0.15) is 0 Å². The Balaban J connectivity index is 1.87. The molecule has 3 aromatic carbocycles. The third-order valence-corrected chi connectivity index (χ3v) is 4.10. The Morgan fingerprint density at radius 1 is 0.852 bits per heavy atom. The Morgan fingerprint density at radius 2 is 1.48 bits per heavy atom. The summed E-state index contributed by atoms with van der Waals surface area (Å²) in [5.41, 5.74) is 2.93. The second kappa shape index (κ2) is 7.53. The molecule has 0 saturated carbocycles. The van der Waals surface area contributed by atoms with E-state index in [1.54, 1.807) is 19.2 Å². The molecule has 3 rings (SSSR count). The number of anilines is 2. The molecule has 3 aromatic rings. The highest BCUT2D eigenvalue weighted by atomic mass is 19.4. The molecule has 138 valence electrons. The van der Waals surface area contributed by atoms with Crippen molar-refractivity contribution in [1.29, 1.82) is 0 Å². The molecule has 0 bridgehead atoms. The summed E-state index contributed by atoms with van der Waals surface area (Å²) in [6, 6.07) is 19.5. The number of nitrogens with one attached hydrogen (secondary N) is 2. The van der Waals surface area contributed by atoms with Crippen LogP contribution in [0.1, 0.15) is 15.9 Å². The molecule has 6 heteroatoms. The summed E-state index contributed by atoms with van der Waals surface area (Å²) in [4.78, 5) is 11.7. The number of rotatable bonds is 4. The van der Waals surface area contributed by atoms with Gasteiger partial charge in [0.25, 0.3) is 5.91 Å². The lowest BCUT2D eigenvalue weighted by Crippen LogP contribution is -2.17. The Hall–Kier alpha value is -3.28. The van der Waals surface area contributed by atoms with Gasteiger partial charge in [-0.05, 0) is 48.0 Å². The van der Waals surface area contributed by atoms with Crippen LogP contribution in [-0.2, 0) is 6.18 Å². The summed E-state index contributed by atoms with van der Waals surface area (Å²) < 4.78 is 38.1. The molecule has 0 saturated heterocycles. The van der Waals surface area contributed by atoms with E-state index >= 15 is 0 Å². The van der Waals surface area contributed by atoms with E-state index < -0.39 is 11.7 Å². The van der Waals surface area contributed by atoms with Crippen molar-refractivity contribution in [2.24, 2.45) is 0 Å². The maximum absolute atomic E-state index is 12.7. The molecular weight excluding hydrogens is 353 g/mol. The van der Waals surface area contributed by atoms with Gasteiger partial charge >= 0.3 is 6.18 Å². The molecule has 0 atom stereocenters. The number of amides is 1. The zero-order valence-electron chi connectivity index (χ0n) is 14.5. The topological polar surface area (TPSA) is 41.1 Å². The van der Waals surface area contributed by atoms with E-state index in [9.17, 15) is 18.0 Å². The molecule has 0 aromatic heterocycles. The number of halogens is 3. The van der Waals surface area contributed by atoms with Gasteiger partial charge < -0.3 is 10.6 Å². The lowest BCUT2D eigenvalue weighted by molar-refractivity contribution is -0.137. The van der Waals surface area contributed by atoms with E-state index in [4.69, 9.17) is 0 Å². The number of hydrogen-bond acceptors (Lipinski definition) is 2. The molecule has 0 aliphatic heterocycles. The molecule has 27 heavy (non-hydrogen) atoms. The third kappa shape index (κ3) is 4.28. The number of carbonyl (C=O) groups excluding carboxylic acids is 1. The van der Waals surface area contributed by atoms with Crippen LogP contribution in [0.2, 0.25) is 0 Å². The average molecular weight is 370 g/mol. The van der Waals surface area contributed by atoms with Crippen molar-refractivity contribution in [2.45, 2.75) is 6.18 Å². The number of carbonyl (C=O) groups is 1. The van der Waals surface area contributed by atoms with Crippen LogP contribution in [-0.4, -0.2) is 13.0 Å². The zero-order chi connectivity index (χ0) is 19.4. The molecular formula is C21H17F3N2O. The van der Waals surface area contributed by atoms with Gasteiger partial charge in [-0.1, -0.05) is 30.3 Å². The predicted molar refractivity (Wildman–Crippen MR) is 100.0 cm³/mol. The molecule has 0 fully saturated rings. The van der Waals surface area contributed by atoms with Gasteiger partial charge in [-0.2, -0.15) is 13.2 Å². The lowest BCUT2D eigenvalue weighted by atomic mass is 10.0. The van der Waals surface area contributed by atoms with Crippen LogP contribution in [0.4, 0.5) is 24.5 Å². The molecule has 0 aliphatic carbocycles. The van der Waals surface area contributed by atoms with Crippen LogP contribution in [0.25, 0.3) is 11.1 Å². The van der Waals surface area contributed by atoms with E-state index in [0.717, 1.165) is 28.9 Å². The minimum atomic E-state index is -4.36. The fourth-order valence-electron chi connectivity index (χ4n) is 2.69. The first-order valence-corrected chi connectivity index (χ1v) is 8.24. The first-order chi connectivity index (χ1) is 12.9. The minimum absolute atomic E-state index is 0.169. The van der Waals surface area contributed by atoms with Crippen LogP contribution in [0, 0.1) is 0 Å². The molecule has 1 amide bonds. The Bertz CT molecular complexity index is 933. The van der Waals surface area contributed by atoms with Crippen LogP contribution >= 0.6 is 0 Å². The van der Waals surface area contributed by atoms with Gasteiger partial charge in [-0.25, -0.2) is 0 Å². The summed E-state index contributed by atoms with van der Waals surface area (Å²) in [6.07, 6.45) is -4.36. The quantitative estimate of drug-likeness (QED) is 0.639. The minimum Gasteiger partial charge on any atom is -0.355 e. The lowest BCUT2D eigenvalue weighted by Gasteiger charge is -2.14. The highest BCUT2D eigenvalue weighted by molar-refractivity contribution is 5.94. The van der Waals surface area contributed by atoms with Crippen LogP contribution in [0.5, 0.6) is 0 Å². The third-order valence-electron chi connectivity index (χ3n) is 4.10. The molecule has 0 radical (unpaired) electrons.